The van der Waals surface area contributed by atoms with Gasteiger partial charge in [0.2, 0.25) is 0 Å². The van der Waals surface area contributed by atoms with Crippen LogP contribution in [0.15, 0.2) is 29.3 Å². The Kier molecular flexibility index (Phi) is 10.3. The van der Waals surface area contributed by atoms with Crippen LogP contribution in [-0.4, -0.2) is 62.5 Å². The average Bonchev–Trinajstić information content (AvgIpc) is 2.56. The van der Waals surface area contributed by atoms with Crippen molar-refractivity contribution in [1.29, 1.82) is 0 Å². The number of aliphatic imine (C=N–C) groups is 1. The molecule has 0 spiro atoms. The number of methoxy groups -OCH3 is 1. The quantitative estimate of drug-likeness (QED) is 0.335. The van der Waals surface area contributed by atoms with Gasteiger partial charge in [-0.25, -0.2) is 0 Å². The first-order chi connectivity index (χ1) is 12.3. The molecule has 2 unspecified atom stereocenters. The molecule has 0 amide bonds. The molecule has 1 aromatic carbocycles. The van der Waals surface area contributed by atoms with Gasteiger partial charge in [-0.15, -0.1) is 24.0 Å². The summed E-state index contributed by atoms with van der Waals surface area (Å²) in [6, 6.07) is 8.18. The Labute approximate surface area is 184 Å². The highest BCUT2D eigenvalue weighted by Crippen LogP contribution is 2.28. The van der Waals surface area contributed by atoms with Gasteiger partial charge < -0.3 is 20.5 Å². The molecule has 0 aliphatic carbocycles. The Balaban J connectivity index is 0.00000364. The van der Waals surface area contributed by atoms with Crippen molar-refractivity contribution in [3.8, 4) is 0 Å². The maximum atomic E-state index is 6.06. The lowest BCUT2D eigenvalue weighted by atomic mass is 10.0. The first-order valence-electron chi connectivity index (χ1n) is 8.99. The van der Waals surface area contributed by atoms with Gasteiger partial charge in [-0.1, -0.05) is 23.7 Å². The second-order valence-electron chi connectivity index (χ2n) is 7.37. The van der Waals surface area contributed by atoms with E-state index >= 15 is 0 Å². The van der Waals surface area contributed by atoms with Crippen LogP contribution >= 0.6 is 35.6 Å². The first-order valence-corrected chi connectivity index (χ1v) is 9.37. The zero-order chi connectivity index (χ0) is 19.2. The molecule has 1 aliphatic heterocycles. The highest BCUT2D eigenvalue weighted by Gasteiger charge is 2.32. The van der Waals surface area contributed by atoms with Gasteiger partial charge in [0.15, 0.2) is 5.96 Å². The number of halogens is 2. The summed E-state index contributed by atoms with van der Waals surface area (Å²) in [7, 11) is 1.67. The van der Waals surface area contributed by atoms with Crippen LogP contribution < -0.4 is 11.1 Å². The third-order valence-corrected chi connectivity index (χ3v) is 4.65. The zero-order valence-corrected chi connectivity index (χ0v) is 19.7. The first kappa shape index (κ1) is 24.4. The van der Waals surface area contributed by atoms with Crippen molar-refractivity contribution in [2.75, 3.05) is 40.0 Å². The molecule has 154 valence electrons. The Bertz CT molecular complexity index is 598. The lowest BCUT2D eigenvalue weighted by molar-refractivity contribution is -0.0967. The van der Waals surface area contributed by atoms with E-state index in [1.54, 1.807) is 7.11 Å². The maximum absolute atomic E-state index is 6.06. The van der Waals surface area contributed by atoms with Gasteiger partial charge in [0.05, 0.1) is 31.4 Å². The van der Waals surface area contributed by atoms with Crippen LogP contribution in [0.25, 0.3) is 0 Å². The minimum Gasteiger partial charge on any atom is -0.383 e. The second-order valence-corrected chi connectivity index (χ2v) is 7.81. The number of benzene rings is 1. The Morgan fingerprint density at radius 1 is 1.41 bits per heavy atom. The fourth-order valence-corrected chi connectivity index (χ4v) is 3.34. The second kappa shape index (κ2) is 11.4. The van der Waals surface area contributed by atoms with E-state index < -0.39 is 0 Å². The molecule has 1 fully saturated rings. The van der Waals surface area contributed by atoms with Crippen LogP contribution in [0.1, 0.15) is 32.4 Å². The zero-order valence-electron chi connectivity index (χ0n) is 16.6. The van der Waals surface area contributed by atoms with Crippen LogP contribution in [0.5, 0.6) is 0 Å². The SMILES string of the molecule is COCC(C)NC(N)=NCC(c1ccc(Cl)cc1)N1CCOC(C)(C)C1.I. The van der Waals surface area contributed by atoms with Crippen molar-refractivity contribution in [2.24, 2.45) is 10.7 Å². The van der Waals surface area contributed by atoms with E-state index in [-0.39, 0.29) is 41.7 Å². The van der Waals surface area contributed by atoms with Crippen molar-refractivity contribution >= 4 is 41.5 Å². The third-order valence-electron chi connectivity index (χ3n) is 4.40. The summed E-state index contributed by atoms with van der Waals surface area (Å²) >= 11 is 6.06. The molecule has 1 aromatic rings. The number of guanidine groups is 1. The van der Waals surface area contributed by atoms with E-state index in [1.165, 1.54) is 5.56 Å². The summed E-state index contributed by atoms with van der Waals surface area (Å²) < 4.78 is 11.0. The van der Waals surface area contributed by atoms with Crippen molar-refractivity contribution < 1.29 is 9.47 Å². The van der Waals surface area contributed by atoms with Gasteiger partial charge in [-0.05, 0) is 38.5 Å². The van der Waals surface area contributed by atoms with Gasteiger partial charge in [-0.2, -0.15) is 0 Å². The third kappa shape index (κ3) is 8.11. The summed E-state index contributed by atoms with van der Waals surface area (Å²) in [6.07, 6.45) is 0. The number of morpholine rings is 1. The molecule has 27 heavy (non-hydrogen) atoms. The summed E-state index contributed by atoms with van der Waals surface area (Å²) in [5.41, 5.74) is 7.05. The number of nitrogens with one attached hydrogen (secondary N) is 1. The van der Waals surface area contributed by atoms with Crippen molar-refractivity contribution in [3.05, 3.63) is 34.9 Å². The normalized spacial score (nSPS) is 19.8. The van der Waals surface area contributed by atoms with Gasteiger partial charge in [-0.3, -0.25) is 9.89 Å². The van der Waals surface area contributed by atoms with Crippen LogP contribution in [0.3, 0.4) is 0 Å². The Morgan fingerprint density at radius 3 is 2.67 bits per heavy atom. The predicted octanol–water partition coefficient (Wildman–Crippen LogP) is 3.05. The van der Waals surface area contributed by atoms with Gasteiger partial charge in [0.1, 0.15) is 0 Å². The van der Waals surface area contributed by atoms with Crippen LogP contribution in [0.2, 0.25) is 5.02 Å². The van der Waals surface area contributed by atoms with Crippen LogP contribution in [0.4, 0.5) is 0 Å². The van der Waals surface area contributed by atoms with Gasteiger partial charge >= 0.3 is 0 Å². The van der Waals surface area contributed by atoms with Crippen LogP contribution in [0, 0.1) is 0 Å². The molecular weight excluding hydrogens is 479 g/mol. The molecule has 0 bridgehead atoms. The number of hydrogen-bond acceptors (Lipinski definition) is 4. The molecule has 0 saturated carbocycles. The fraction of sp³-hybridized carbons (Fsp3) is 0.632. The summed E-state index contributed by atoms with van der Waals surface area (Å²) in [6.45, 7) is 9.79. The lowest BCUT2D eigenvalue weighted by Gasteiger charge is -2.42. The Morgan fingerprint density at radius 2 is 2.07 bits per heavy atom. The topological polar surface area (TPSA) is 72.1 Å². The molecule has 1 aliphatic rings. The highest BCUT2D eigenvalue weighted by atomic mass is 127. The minimum atomic E-state index is -0.177. The number of ether oxygens (including phenoxy) is 2. The van der Waals surface area contributed by atoms with E-state index in [2.05, 4.69) is 41.2 Å². The molecule has 1 saturated heterocycles. The lowest BCUT2D eigenvalue weighted by Crippen LogP contribution is -2.50. The number of nitrogens with two attached hydrogens (primary N) is 1. The number of nitrogens with zero attached hydrogens (tertiary/aromatic N) is 2. The largest absolute Gasteiger partial charge is 0.383 e. The summed E-state index contributed by atoms with van der Waals surface area (Å²) in [4.78, 5) is 6.99. The van der Waals surface area contributed by atoms with E-state index in [4.69, 9.17) is 26.8 Å². The van der Waals surface area contributed by atoms with Crippen molar-refractivity contribution in [3.63, 3.8) is 0 Å². The van der Waals surface area contributed by atoms with E-state index in [0.29, 0.717) is 25.7 Å². The molecular formula is C19H32ClIN4O2. The molecule has 8 heteroatoms. The molecule has 2 atom stereocenters. The molecule has 3 N–H and O–H groups in total. The number of hydrogen-bond donors (Lipinski definition) is 2. The molecule has 2 rings (SSSR count). The van der Waals surface area contributed by atoms with E-state index in [1.807, 2.05) is 19.1 Å². The fourth-order valence-electron chi connectivity index (χ4n) is 3.21. The average molecular weight is 511 g/mol. The highest BCUT2D eigenvalue weighted by molar-refractivity contribution is 14.0. The predicted molar refractivity (Wildman–Crippen MR) is 122 cm³/mol. The van der Waals surface area contributed by atoms with Crippen LogP contribution in [-0.2, 0) is 9.47 Å². The summed E-state index contributed by atoms with van der Waals surface area (Å²) in [5.74, 6) is 0.432. The molecule has 0 radical (unpaired) electrons. The molecule has 1 heterocycles. The Hall–Kier alpha value is -0.610. The van der Waals surface area contributed by atoms with Crippen molar-refractivity contribution in [1.82, 2.24) is 10.2 Å². The van der Waals surface area contributed by atoms with Crippen molar-refractivity contribution in [2.45, 2.75) is 38.5 Å². The van der Waals surface area contributed by atoms with E-state index in [9.17, 15) is 0 Å². The monoisotopic (exact) mass is 510 g/mol. The summed E-state index contributed by atoms with van der Waals surface area (Å²) in [5, 5.41) is 3.88. The smallest absolute Gasteiger partial charge is 0.188 e. The standard InChI is InChI=1S/C19H31ClN4O2.HI/c1-14(12-25-4)23-18(21)22-11-17(15-5-7-16(20)8-6-15)24-9-10-26-19(2,3)13-24;/h5-8,14,17H,9-13H2,1-4H3,(H3,21,22,23);1H. The maximum Gasteiger partial charge on any atom is 0.188 e. The number of rotatable bonds is 7. The minimum absolute atomic E-state index is 0. The van der Waals surface area contributed by atoms with Gasteiger partial charge in [0, 0.05) is 31.3 Å². The molecule has 0 aromatic heterocycles. The molecule has 6 nitrogen and oxygen atoms in total. The van der Waals surface area contributed by atoms with Gasteiger partial charge in [0.25, 0.3) is 0 Å². The van der Waals surface area contributed by atoms with E-state index in [0.717, 1.165) is 18.1 Å².